The molecular formula is C23H23FN2O4S. The zero-order chi connectivity index (χ0) is 22.6. The minimum atomic E-state index is -4.07. The van der Waals surface area contributed by atoms with Gasteiger partial charge in [-0.25, -0.2) is 12.8 Å². The minimum absolute atomic E-state index is 0.0688. The van der Waals surface area contributed by atoms with Gasteiger partial charge in [0.2, 0.25) is 0 Å². The summed E-state index contributed by atoms with van der Waals surface area (Å²) in [6, 6.07) is 17.3. The maximum absolute atomic E-state index is 13.9. The third-order valence-corrected chi connectivity index (χ3v) is 6.07. The van der Waals surface area contributed by atoms with Crippen LogP contribution in [0.15, 0.2) is 71.6 Å². The van der Waals surface area contributed by atoms with Crippen molar-refractivity contribution in [1.82, 2.24) is 0 Å². The van der Waals surface area contributed by atoms with Crippen molar-refractivity contribution in [3.8, 4) is 5.75 Å². The quantitative estimate of drug-likeness (QED) is 0.558. The molecular weight excluding hydrogens is 419 g/mol. The van der Waals surface area contributed by atoms with Crippen LogP contribution in [-0.2, 0) is 14.8 Å². The number of hydrogen-bond donors (Lipinski definition) is 2. The Morgan fingerprint density at radius 2 is 1.68 bits per heavy atom. The lowest BCUT2D eigenvalue weighted by atomic mass is 10.2. The lowest BCUT2D eigenvalue weighted by Crippen LogP contribution is -2.30. The number of nitrogens with one attached hydrogen (secondary N) is 2. The minimum Gasteiger partial charge on any atom is -0.481 e. The van der Waals surface area contributed by atoms with Gasteiger partial charge in [0, 0.05) is 5.69 Å². The van der Waals surface area contributed by atoms with Crippen LogP contribution in [0.4, 0.5) is 15.8 Å². The van der Waals surface area contributed by atoms with E-state index in [9.17, 15) is 17.6 Å². The molecule has 1 amide bonds. The standard InChI is InChI=1S/C23H23FN2O4S/c1-15-8-12-19(13-9-15)30-17(3)23(27)25-18-11-10-16(2)22(14-18)31(28,29)26-21-7-5-4-6-20(21)24/h4-14,17,26H,1-3H3,(H,25,27). The van der Waals surface area contributed by atoms with Crippen LogP contribution < -0.4 is 14.8 Å². The fourth-order valence-corrected chi connectivity index (χ4v) is 4.17. The van der Waals surface area contributed by atoms with Crippen molar-refractivity contribution in [2.75, 3.05) is 10.0 Å². The van der Waals surface area contributed by atoms with Crippen LogP contribution in [0.2, 0.25) is 0 Å². The first kappa shape index (κ1) is 22.3. The smallest absolute Gasteiger partial charge is 0.265 e. The number of sulfonamides is 1. The molecule has 0 saturated heterocycles. The Labute approximate surface area is 181 Å². The summed E-state index contributed by atoms with van der Waals surface area (Å²) in [5.41, 5.74) is 1.65. The van der Waals surface area contributed by atoms with Gasteiger partial charge in [-0.05, 0) is 62.7 Å². The van der Waals surface area contributed by atoms with Gasteiger partial charge in [0.05, 0.1) is 10.6 Å². The van der Waals surface area contributed by atoms with E-state index in [4.69, 9.17) is 4.74 Å². The van der Waals surface area contributed by atoms with E-state index in [1.807, 2.05) is 19.1 Å². The number of benzene rings is 3. The maximum Gasteiger partial charge on any atom is 0.265 e. The Morgan fingerprint density at radius 3 is 2.35 bits per heavy atom. The molecule has 3 aromatic rings. The van der Waals surface area contributed by atoms with E-state index >= 15 is 0 Å². The number of ether oxygens (including phenoxy) is 1. The molecule has 0 fully saturated rings. The van der Waals surface area contributed by atoms with Gasteiger partial charge in [0.1, 0.15) is 11.6 Å². The van der Waals surface area contributed by atoms with E-state index in [2.05, 4.69) is 10.0 Å². The number of amides is 1. The van der Waals surface area contributed by atoms with Crippen molar-refractivity contribution in [3.05, 3.63) is 83.7 Å². The zero-order valence-electron chi connectivity index (χ0n) is 17.3. The number of carbonyl (C=O) groups excluding carboxylic acids is 1. The van der Waals surface area contributed by atoms with Gasteiger partial charge in [-0.15, -0.1) is 0 Å². The molecule has 6 nitrogen and oxygen atoms in total. The van der Waals surface area contributed by atoms with Gasteiger partial charge >= 0.3 is 0 Å². The predicted octanol–water partition coefficient (Wildman–Crippen LogP) is 4.65. The Balaban J connectivity index is 1.76. The number of aryl methyl sites for hydroxylation is 2. The average Bonchev–Trinajstić information content (AvgIpc) is 2.72. The van der Waals surface area contributed by atoms with Crippen LogP contribution in [0.25, 0.3) is 0 Å². The Kier molecular flexibility index (Phi) is 6.60. The number of carbonyl (C=O) groups is 1. The average molecular weight is 443 g/mol. The van der Waals surface area contributed by atoms with Crippen LogP contribution in [-0.4, -0.2) is 20.4 Å². The summed E-state index contributed by atoms with van der Waals surface area (Å²) in [5.74, 6) is -0.570. The molecule has 0 aliphatic rings. The first-order chi connectivity index (χ1) is 14.7. The highest BCUT2D eigenvalue weighted by molar-refractivity contribution is 7.92. The van der Waals surface area contributed by atoms with Crippen LogP contribution in [0.1, 0.15) is 18.1 Å². The first-order valence-corrected chi connectivity index (χ1v) is 11.1. The lowest BCUT2D eigenvalue weighted by molar-refractivity contribution is -0.122. The largest absolute Gasteiger partial charge is 0.481 e. The highest BCUT2D eigenvalue weighted by Crippen LogP contribution is 2.24. The molecule has 3 aromatic carbocycles. The third-order valence-electron chi connectivity index (χ3n) is 4.57. The summed E-state index contributed by atoms with van der Waals surface area (Å²) in [4.78, 5) is 12.4. The first-order valence-electron chi connectivity index (χ1n) is 9.58. The fourth-order valence-electron chi connectivity index (χ4n) is 2.83. The predicted molar refractivity (Wildman–Crippen MR) is 118 cm³/mol. The second kappa shape index (κ2) is 9.18. The molecule has 0 aromatic heterocycles. The van der Waals surface area contributed by atoms with Crippen molar-refractivity contribution in [2.45, 2.75) is 31.8 Å². The SMILES string of the molecule is Cc1ccc(OC(C)C(=O)Nc2ccc(C)c(S(=O)(=O)Nc3ccccc3F)c2)cc1. The molecule has 31 heavy (non-hydrogen) atoms. The van der Waals surface area contributed by atoms with Gasteiger partial charge in [0.25, 0.3) is 15.9 Å². The van der Waals surface area contributed by atoms with E-state index in [-0.39, 0.29) is 16.3 Å². The monoisotopic (exact) mass is 442 g/mol. The molecule has 0 heterocycles. The molecule has 0 bridgehead atoms. The summed E-state index contributed by atoms with van der Waals surface area (Å²) >= 11 is 0. The topological polar surface area (TPSA) is 84.5 Å². The molecule has 3 rings (SSSR count). The molecule has 2 N–H and O–H groups in total. The number of rotatable bonds is 7. The Morgan fingerprint density at radius 1 is 1.00 bits per heavy atom. The van der Waals surface area contributed by atoms with Gasteiger partial charge in [-0.1, -0.05) is 35.9 Å². The van der Waals surface area contributed by atoms with E-state index < -0.39 is 27.9 Å². The van der Waals surface area contributed by atoms with Gasteiger partial charge in [-0.3, -0.25) is 9.52 Å². The summed E-state index contributed by atoms with van der Waals surface area (Å²) < 4.78 is 47.4. The number of anilines is 2. The van der Waals surface area contributed by atoms with Gasteiger partial charge < -0.3 is 10.1 Å². The van der Waals surface area contributed by atoms with Crippen LogP contribution in [0.5, 0.6) is 5.75 Å². The molecule has 0 spiro atoms. The van der Waals surface area contributed by atoms with Crippen LogP contribution >= 0.6 is 0 Å². The second-order valence-electron chi connectivity index (χ2n) is 7.13. The molecule has 1 unspecified atom stereocenters. The third kappa shape index (κ3) is 5.61. The van der Waals surface area contributed by atoms with E-state index in [0.29, 0.717) is 11.3 Å². The van der Waals surface area contributed by atoms with Crippen molar-refractivity contribution in [3.63, 3.8) is 0 Å². The highest BCUT2D eigenvalue weighted by Gasteiger charge is 2.21. The number of para-hydroxylation sites is 1. The zero-order valence-corrected chi connectivity index (χ0v) is 18.2. The van der Waals surface area contributed by atoms with E-state index in [0.717, 1.165) is 11.6 Å². The summed E-state index contributed by atoms with van der Waals surface area (Å²) in [7, 11) is -4.07. The molecule has 0 aliphatic carbocycles. The second-order valence-corrected chi connectivity index (χ2v) is 8.78. The molecule has 0 radical (unpaired) electrons. The van der Waals surface area contributed by atoms with Crippen molar-refractivity contribution in [1.29, 1.82) is 0 Å². The molecule has 8 heteroatoms. The van der Waals surface area contributed by atoms with E-state index in [1.54, 1.807) is 38.1 Å². The molecule has 162 valence electrons. The summed E-state index contributed by atoms with van der Waals surface area (Å²) in [6.45, 7) is 5.16. The van der Waals surface area contributed by atoms with Crippen LogP contribution in [0.3, 0.4) is 0 Å². The van der Waals surface area contributed by atoms with E-state index in [1.165, 1.54) is 24.3 Å². The summed E-state index contributed by atoms with van der Waals surface area (Å²) in [6.07, 6.45) is -0.805. The summed E-state index contributed by atoms with van der Waals surface area (Å²) in [5, 5.41) is 2.66. The Hall–Kier alpha value is -3.39. The van der Waals surface area contributed by atoms with Gasteiger partial charge in [0.15, 0.2) is 6.10 Å². The highest BCUT2D eigenvalue weighted by atomic mass is 32.2. The van der Waals surface area contributed by atoms with Crippen molar-refractivity contribution < 1.29 is 22.3 Å². The normalized spacial score (nSPS) is 12.1. The molecule has 0 aliphatic heterocycles. The fraction of sp³-hybridized carbons (Fsp3) is 0.174. The molecule has 0 saturated carbocycles. The van der Waals surface area contributed by atoms with Gasteiger partial charge in [-0.2, -0.15) is 0 Å². The van der Waals surface area contributed by atoms with Crippen LogP contribution in [0, 0.1) is 19.7 Å². The number of halogens is 1. The molecule has 1 atom stereocenters. The lowest BCUT2D eigenvalue weighted by Gasteiger charge is -2.16. The van der Waals surface area contributed by atoms with Crippen molar-refractivity contribution >= 4 is 27.3 Å². The number of hydrogen-bond acceptors (Lipinski definition) is 4. The Bertz CT molecular complexity index is 1190. The maximum atomic E-state index is 13.9. The van der Waals surface area contributed by atoms with Crippen molar-refractivity contribution in [2.24, 2.45) is 0 Å².